The lowest BCUT2D eigenvalue weighted by atomic mass is 10.0. The van der Waals surface area contributed by atoms with E-state index in [2.05, 4.69) is 66.6 Å². The number of hydrogen-bond donors (Lipinski definition) is 1. The van der Waals surface area contributed by atoms with Crippen molar-refractivity contribution in [3.05, 3.63) is 59.1 Å². The van der Waals surface area contributed by atoms with Crippen molar-refractivity contribution in [3.8, 4) is 0 Å². The molecule has 0 spiro atoms. The third-order valence-corrected chi connectivity index (χ3v) is 4.35. The molecule has 2 nitrogen and oxygen atoms in total. The number of aromatic nitrogens is 1. The second-order valence-corrected chi connectivity index (χ2v) is 5.94. The maximum Gasteiger partial charge on any atom is 0.0813 e. The third kappa shape index (κ3) is 2.68. The number of hydrogen-bond acceptors (Lipinski definition) is 3. The van der Waals surface area contributed by atoms with E-state index >= 15 is 0 Å². The van der Waals surface area contributed by atoms with Gasteiger partial charge in [0.05, 0.1) is 21.8 Å². The fraction of sp³-hybridized carbons (Fsp3) is 0.235. The normalized spacial score (nSPS) is 12.5. The molecule has 1 aromatic heterocycles. The zero-order valence-corrected chi connectivity index (χ0v) is 12.6. The third-order valence-electron chi connectivity index (χ3n) is 3.56. The van der Waals surface area contributed by atoms with E-state index in [1.54, 1.807) is 11.3 Å². The van der Waals surface area contributed by atoms with Crippen molar-refractivity contribution < 1.29 is 0 Å². The van der Waals surface area contributed by atoms with Crippen molar-refractivity contribution in [2.24, 2.45) is 0 Å². The van der Waals surface area contributed by atoms with E-state index in [0.717, 1.165) is 17.6 Å². The van der Waals surface area contributed by atoms with Gasteiger partial charge < -0.3 is 5.32 Å². The van der Waals surface area contributed by atoms with Crippen molar-refractivity contribution in [2.75, 3.05) is 5.32 Å². The lowest BCUT2D eigenvalue weighted by Crippen LogP contribution is -2.09. The van der Waals surface area contributed by atoms with E-state index in [9.17, 15) is 0 Å². The van der Waals surface area contributed by atoms with Crippen LogP contribution in [0, 0.1) is 6.92 Å². The van der Waals surface area contributed by atoms with Crippen LogP contribution in [0.15, 0.2) is 48.0 Å². The van der Waals surface area contributed by atoms with Gasteiger partial charge in [-0.15, -0.1) is 11.3 Å². The first kappa shape index (κ1) is 13.1. The van der Waals surface area contributed by atoms with Gasteiger partial charge in [0.25, 0.3) is 0 Å². The lowest BCUT2D eigenvalue weighted by Gasteiger charge is -2.19. The van der Waals surface area contributed by atoms with Gasteiger partial charge in [-0.2, -0.15) is 0 Å². The average Bonchev–Trinajstić information content (AvgIpc) is 2.93. The summed E-state index contributed by atoms with van der Waals surface area (Å²) in [6, 6.07) is 15.5. The van der Waals surface area contributed by atoms with E-state index in [4.69, 9.17) is 0 Å². The molecule has 0 aliphatic carbocycles. The average molecular weight is 282 g/mol. The Bertz CT molecular complexity index is 700. The SMILES string of the molecule is CCC(Nc1ccc2ncsc2c1)c1ccc(C)cc1. The van der Waals surface area contributed by atoms with E-state index in [-0.39, 0.29) is 0 Å². The Morgan fingerprint density at radius 2 is 1.95 bits per heavy atom. The Balaban J connectivity index is 1.84. The fourth-order valence-corrected chi connectivity index (χ4v) is 3.08. The molecule has 0 saturated heterocycles. The summed E-state index contributed by atoms with van der Waals surface area (Å²) in [5.74, 6) is 0. The topological polar surface area (TPSA) is 24.9 Å². The summed E-state index contributed by atoms with van der Waals surface area (Å²) in [5.41, 5.74) is 6.77. The number of nitrogens with one attached hydrogen (secondary N) is 1. The summed E-state index contributed by atoms with van der Waals surface area (Å²) in [6.45, 7) is 4.33. The van der Waals surface area contributed by atoms with Gasteiger partial charge in [-0.3, -0.25) is 0 Å². The minimum absolute atomic E-state index is 0.348. The Morgan fingerprint density at radius 3 is 2.70 bits per heavy atom. The molecule has 3 aromatic rings. The zero-order chi connectivity index (χ0) is 13.9. The van der Waals surface area contributed by atoms with Crippen molar-refractivity contribution in [2.45, 2.75) is 26.3 Å². The van der Waals surface area contributed by atoms with Gasteiger partial charge in [0.15, 0.2) is 0 Å². The molecule has 1 heterocycles. The van der Waals surface area contributed by atoms with Crippen LogP contribution in [0.3, 0.4) is 0 Å². The molecular weight excluding hydrogens is 264 g/mol. The molecule has 0 bridgehead atoms. The predicted octanol–water partition coefficient (Wildman–Crippen LogP) is 5.17. The Labute approximate surface area is 123 Å². The first-order valence-corrected chi connectivity index (χ1v) is 7.80. The number of aryl methyl sites for hydroxylation is 1. The predicted molar refractivity (Wildman–Crippen MR) is 87.5 cm³/mol. The molecule has 1 unspecified atom stereocenters. The van der Waals surface area contributed by atoms with Gasteiger partial charge in [0.2, 0.25) is 0 Å². The largest absolute Gasteiger partial charge is 0.378 e. The van der Waals surface area contributed by atoms with Crippen molar-refractivity contribution in [3.63, 3.8) is 0 Å². The van der Waals surface area contributed by atoms with Gasteiger partial charge in [-0.1, -0.05) is 36.8 Å². The quantitative estimate of drug-likeness (QED) is 0.714. The molecule has 0 fully saturated rings. The van der Waals surface area contributed by atoms with Gasteiger partial charge in [-0.05, 0) is 37.1 Å². The van der Waals surface area contributed by atoms with Crippen LogP contribution in [0.4, 0.5) is 5.69 Å². The molecular formula is C17H18N2S. The van der Waals surface area contributed by atoms with E-state index in [0.29, 0.717) is 6.04 Å². The molecule has 0 saturated carbocycles. The Morgan fingerprint density at radius 1 is 1.15 bits per heavy atom. The van der Waals surface area contributed by atoms with Crippen molar-refractivity contribution in [1.82, 2.24) is 4.98 Å². The van der Waals surface area contributed by atoms with Crippen LogP contribution in [0.1, 0.15) is 30.5 Å². The van der Waals surface area contributed by atoms with Gasteiger partial charge in [-0.25, -0.2) is 4.98 Å². The Hall–Kier alpha value is -1.87. The minimum atomic E-state index is 0.348. The molecule has 102 valence electrons. The molecule has 1 N–H and O–H groups in total. The summed E-state index contributed by atoms with van der Waals surface area (Å²) in [4.78, 5) is 4.32. The number of thiazole rings is 1. The summed E-state index contributed by atoms with van der Waals surface area (Å²) in [7, 11) is 0. The van der Waals surface area contributed by atoms with Crippen LogP contribution < -0.4 is 5.32 Å². The maximum absolute atomic E-state index is 4.32. The number of fused-ring (bicyclic) bond motifs is 1. The lowest BCUT2D eigenvalue weighted by molar-refractivity contribution is 0.749. The van der Waals surface area contributed by atoms with E-state index < -0.39 is 0 Å². The second kappa shape index (κ2) is 5.63. The molecule has 0 aliphatic rings. The van der Waals surface area contributed by atoms with Crippen LogP contribution in [0.25, 0.3) is 10.2 Å². The fourth-order valence-electron chi connectivity index (χ4n) is 2.37. The summed E-state index contributed by atoms with van der Waals surface area (Å²) < 4.78 is 1.23. The van der Waals surface area contributed by atoms with Crippen LogP contribution in [-0.4, -0.2) is 4.98 Å². The highest BCUT2D eigenvalue weighted by Crippen LogP contribution is 2.26. The van der Waals surface area contributed by atoms with Crippen LogP contribution in [0.2, 0.25) is 0 Å². The van der Waals surface area contributed by atoms with E-state index in [1.807, 2.05) is 5.51 Å². The number of rotatable bonds is 4. The molecule has 3 rings (SSSR count). The summed E-state index contributed by atoms with van der Waals surface area (Å²) >= 11 is 1.68. The first-order valence-electron chi connectivity index (χ1n) is 6.92. The number of nitrogens with zero attached hydrogens (tertiary/aromatic N) is 1. The molecule has 20 heavy (non-hydrogen) atoms. The highest BCUT2D eigenvalue weighted by Gasteiger charge is 2.09. The smallest absolute Gasteiger partial charge is 0.0813 e. The van der Waals surface area contributed by atoms with E-state index in [1.165, 1.54) is 15.8 Å². The van der Waals surface area contributed by atoms with Crippen LogP contribution >= 0.6 is 11.3 Å². The minimum Gasteiger partial charge on any atom is -0.378 e. The highest BCUT2D eigenvalue weighted by molar-refractivity contribution is 7.16. The molecule has 3 heteroatoms. The number of anilines is 1. The maximum atomic E-state index is 4.32. The van der Waals surface area contributed by atoms with Crippen LogP contribution in [-0.2, 0) is 0 Å². The monoisotopic (exact) mass is 282 g/mol. The molecule has 0 aliphatic heterocycles. The molecule has 0 radical (unpaired) electrons. The second-order valence-electron chi connectivity index (χ2n) is 5.05. The standard InChI is InChI=1S/C17H18N2S/c1-3-15(13-6-4-12(2)5-7-13)19-14-8-9-16-17(10-14)20-11-18-16/h4-11,15,19H,3H2,1-2H3. The first-order chi connectivity index (χ1) is 9.76. The van der Waals surface area contributed by atoms with Gasteiger partial charge in [0.1, 0.15) is 0 Å². The molecule has 0 amide bonds. The van der Waals surface area contributed by atoms with Gasteiger partial charge in [0, 0.05) is 5.69 Å². The van der Waals surface area contributed by atoms with Crippen molar-refractivity contribution >= 4 is 27.2 Å². The van der Waals surface area contributed by atoms with Crippen molar-refractivity contribution in [1.29, 1.82) is 0 Å². The number of benzene rings is 2. The molecule has 1 atom stereocenters. The summed E-state index contributed by atoms with van der Waals surface area (Å²) in [6.07, 6.45) is 1.06. The van der Waals surface area contributed by atoms with Gasteiger partial charge >= 0.3 is 0 Å². The van der Waals surface area contributed by atoms with Crippen LogP contribution in [0.5, 0.6) is 0 Å². The Kier molecular flexibility index (Phi) is 3.70. The zero-order valence-electron chi connectivity index (χ0n) is 11.8. The summed E-state index contributed by atoms with van der Waals surface area (Å²) in [5, 5.41) is 3.63. The molecule has 2 aromatic carbocycles. The highest BCUT2D eigenvalue weighted by atomic mass is 32.1.